The lowest BCUT2D eigenvalue weighted by Crippen LogP contribution is -2.23. The zero-order valence-corrected chi connectivity index (χ0v) is 11.5. The van der Waals surface area contributed by atoms with Gasteiger partial charge in [-0.15, -0.1) is 0 Å². The molecule has 0 spiro atoms. The average Bonchev–Trinajstić information content (AvgIpc) is 2.46. The second-order valence-electron chi connectivity index (χ2n) is 4.93. The summed E-state index contributed by atoms with van der Waals surface area (Å²) in [5.74, 6) is -0.796. The molecule has 0 heterocycles. The number of carboxylic acids is 1. The van der Waals surface area contributed by atoms with E-state index in [2.05, 4.69) is 36.5 Å². The molecule has 0 saturated carbocycles. The third-order valence-corrected chi connectivity index (χ3v) is 3.25. The maximum atomic E-state index is 11.0. The van der Waals surface area contributed by atoms with E-state index in [0.717, 1.165) is 11.1 Å². The highest BCUT2D eigenvalue weighted by Gasteiger charge is 2.14. The Kier molecular flexibility index (Phi) is 4.91. The number of aliphatic carboxylic acids is 1. The maximum absolute atomic E-state index is 11.0. The Bertz CT molecular complexity index is 549. The quantitative estimate of drug-likeness (QED) is 0.846. The fourth-order valence-electron chi connectivity index (χ4n) is 2.11. The molecule has 2 aromatic carbocycles. The first kappa shape index (κ1) is 14.3. The van der Waals surface area contributed by atoms with E-state index in [0.29, 0.717) is 6.54 Å². The Morgan fingerprint density at radius 3 is 2.35 bits per heavy atom. The number of aryl methyl sites for hydroxylation is 1. The van der Waals surface area contributed by atoms with Crippen molar-refractivity contribution in [3.8, 4) is 0 Å². The number of rotatable bonds is 6. The van der Waals surface area contributed by atoms with Crippen LogP contribution in [0.3, 0.4) is 0 Å². The maximum Gasteiger partial charge on any atom is 0.305 e. The van der Waals surface area contributed by atoms with Gasteiger partial charge in [-0.3, -0.25) is 4.79 Å². The number of hydrogen-bond donors (Lipinski definition) is 2. The second-order valence-corrected chi connectivity index (χ2v) is 4.93. The van der Waals surface area contributed by atoms with Crippen LogP contribution in [0.25, 0.3) is 0 Å². The van der Waals surface area contributed by atoms with Gasteiger partial charge in [0.25, 0.3) is 0 Å². The minimum Gasteiger partial charge on any atom is -0.481 e. The molecule has 104 valence electrons. The molecule has 0 unspecified atom stereocenters. The largest absolute Gasteiger partial charge is 0.481 e. The smallest absolute Gasteiger partial charge is 0.305 e. The Morgan fingerprint density at radius 1 is 1.10 bits per heavy atom. The van der Waals surface area contributed by atoms with Gasteiger partial charge in [0.2, 0.25) is 0 Å². The Hall–Kier alpha value is -2.13. The number of carbonyl (C=O) groups is 1. The minimum atomic E-state index is -0.796. The van der Waals surface area contributed by atoms with E-state index in [4.69, 9.17) is 5.11 Å². The molecule has 2 N–H and O–H groups in total. The van der Waals surface area contributed by atoms with Crippen molar-refractivity contribution in [2.45, 2.75) is 25.9 Å². The summed E-state index contributed by atoms with van der Waals surface area (Å²) in [4.78, 5) is 11.0. The molecule has 20 heavy (non-hydrogen) atoms. The van der Waals surface area contributed by atoms with Gasteiger partial charge >= 0.3 is 5.97 Å². The van der Waals surface area contributed by atoms with Gasteiger partial charge in [-0.1, -0.05) is 60.2 Å². The van der Waals surface area contributed by atoms with Gasteiger partial charge in [-0.05, 0) is 18.1 Å². The first-order valence-corrected chi connectivity index (χ1v) is 6.71. The Labute approximate surface area is 119 Å². The van der Waals surface area contributed by atoms with Crippen LogP contribution in [0.4, 0.5) is 0 Å². The minimum absolute atomic E-state index is 0.0792. The van der Waals surface area contributed by atoms with Crippen LogP contribution in [0.5, 0.6) is 0 Å². The van der Waals surface area contributed by atoms with Gasteiger partial charge in [0.1, 0.15) is 0 Å². The van der Waals surface area contributed by atoms with Crippen LogP contribution in [0.15, 0.2) is 54.6 Å². The molecule has 1 atom stereocenters. The van der Waals surface area contributed by atoms with Crippen molar-refractivity contribution in [1.29, 1.82) is 0 Å². The van der Waals surface area contributed by atoms with Crippen molar-refractivity contribution in [2.24, 2.45) is 0 Å². The molecule has 2 aromatic rings. The zero-order chi connectivity index (χ0) is 14.4. The molecule has 0 aliphatic carbocycles. The molecule has 0 aliphatic heterocycles. The average molecular weight is 269 g/mol. The predicted molar refractivity (Wildman–Crippen MR) is 79.5 cm³/mol. The van der Waals surface area contributed by atoms with Crippen LogP contribution in [0, 0.1) is 6.92 Å². The molecule has 2 rings (SSSR count). The molecule has 0 bridgehead atoms. The lowest BCUT2D eigenvalue weighted by Gasteiger charge is -2.17. The third kappa shape index (κ3) is 4.21. The molecule has 0 amide bonds. The second kappa shape index (κ2) is 6.87. The molecule has 0 saturated heterocycles. The highest BCUT2D eigenvalue weighted by atomic mass is 16.4. The fourth-order valence-corrected chi connectivity index (χ4v) is 2.11. The van der Waals surface area contributed by atoms with E-state index >= 15 is 0 Å². The summed E-state index contributed by atoms with van der Waals surface area (Å²) in [5, 5.41) is 12.4. The van der Waals surface area contributed by atoms with E-state index in [9.17, 15) is 4.79 Å². The summed E-state index contributed by atoms with van der Waals surface area (Å²) >= 11 is 0. The summed E-state index contributed by atoms with van der Waals surface area (Å²) in [6, 6.07) is 17.8. The third-order valence-electron chi connectivity index (χ3n) is 3.25. The van der Waals surface area contributed by atoms with Gasteiger partial charge in [0, 0.05) is 12.6 Å². The molecule has 0 radical (unpaired) electrons. The topological polar surface area (TPSA) is 49.3 Å². The van der Waals surface area contributed by atoms with E-state index < -0.39 is 5.97 Å². The molecule has 0 fully saturated rings. The summed E-state index contributed by atoms with van der Waals surface area (Å²) < 4.78 is 0. The van der Waals surface area contributed by atoms with Crippen LogP contribution in [-0.2, 0) is 11.3 Å². The highest BCUT2D eigenvalue weighted by molar-refractivity contribution is 5.67. The standard InChI is InChI=1S/C17H19NO2/c1-13-7-9-14(10-8-13)12-18-16(11-17(19)20)15-5-3-2-4-6-15/h2-10,16,18H,11-12H2,1H3,(H,19,20)/t16-/m0/s1. The lowest BCUT2D eigenvalue weighted by atomic mass is 10.0. The van der Waals surface area contributed by atoms with Crippen molar-refractivity contribution < 1.29 is 9.90 Å². The lowest BCUT2D eigenvalue weighted by molar-refractivity contribution is -0.137. The Balaban J connectivity index is 2.04. The Morgan fingerprint density at radius 2 is 1.75 bits per heavy atom. The van der Waals surface area contributed by atoms with Crippen LogP contribution in [-0.4, -0.2) is 11.1 Å². The van der Waals surface area contributed by atoms with Crippen molar-refractivity contribution >= 4 is 5.97 Å². The van der Waals surface area contributed by atoms with Gasteiger partial charge < -0.3 is 10.4 Å². The first-order valence-electron chi connectivity index (χ1n) is 6.71. The molecule has 3 nitrogen and oxygen atoms in total. The van der Waals surface area contributed by atoms with Crippen molar-refractivity contribution in [3.63, 3.8) is 0 Å². The SMILES string of the molecule is Cc1ccc(CN[C@@H](CC(=O)O)c2ccccc2)cc1. The number of carboxylic acid groups (broad SMARTS) is 1. The van der Waals surface area contributed by atoms with Crippen LogP contribution in [0.1, 0.15) is 29.2 Å². The first-order chi connectivity index (χ1) is 9.65. The van der Waals surface area contributed by atoms with Gasteiger partial charge in [0.05, 0.1) is 6.42 Å². The van der Waals surface area contributed by atoms with Crippen LogP contribution < -0.4 is 5.32 Å². The van der Waals surface area contributed by atoms with Crippen molar-refractivity contribution in [1.82, 2.24) is 5.32 Å². The number of hydrogen-bond acceptors (Lipinski definition) is 2. The van der Waals surface area contributed by atoms with E-state index in [-0.39, 0.29) is 12.5 Å². The zero-order valence-electron chi connectivity index (χ0n) is 11.5. The van der Waals surface area contributed by atoms with Crippen molar-refractivity contribution in [3.05, 3.63) is 71.3 Å². The summed E-state index contributed by atoms with van der Waals surface area (Å²) in [6.45, 7) is 2.71. The molecule has 0 aromatic heterocycles. The summed E-state index contributed by atoms with van der Waals surface area (Å²) in [6.07, 6.45) is 0.0792. The number of benzene rings is 2. The fraction of sp³-hybridized carbons (Fsp3) is 0.235. The number of nitrogens with one attached hydrogen (secondary N) is 1. The van der Waals surface area contributed by atoms with Gasteiger partial charge in [-0.25, -0.2) is 0 Å². The van der Waals surface area contributed by atoms with Crippen LogP contribution in [0.2, 0.25) is 0 Å². The van der Waals surface area contributed by atoms with E-state index in [1.54, 1.807) is 0 Å². The van der Waals surface area contributed by atoms with Crippen molar-refractivity contribution in [2.75, 3.05) is 0 Å². The van der Waals surface area contributed by atoms with Gasteiger partial charge in [0.15, 0.2) is 0 Å². The molecular weight excluding hydrogens is 250 g/mol. The molecular formula is C17H19NO2. The monoisotopic (exact) mass is 269 g/mol. The summed E-state index contributed by atoms with van der Waals surface area (Å²) in [5.41, 5.74) is 3.38. The van der Waals surface area contributed by atoms with Gasteiger partial charge in [-0.2, -0.15) is 0 Å². The summed E-state index contributed by atoms with van der Waals surface area (Å²) in [7, 11) is 0. The highest BCUT2D eigenvalue weighted by Crippen LogP contribution is 2.17. The predicted octanol–water partition coefficient (Wildman–Crippen LogP) is 3.30. The molecule has 3 heteroatoms. The molecule has 0 aliphatic rings. The van der Waals surface area contributed by atoms with E-state index in [1.165, 1.54) is 5.56 Å². The van der Waals surface area contributed by atoms with Crippen LogP contribution >= 0.6 is 0 Å². The van der Waals surface area contributed by atoms with E-state index in [1.807, 2.05) is 30.3 Å². The normalized spacial score (nSPS) is 12.1.